The molecule has 2 saturated carbocycles. The lowest BCUT2D eigenvalue weighted by Gasteiger charge is -2.38. The van der Waals surface area contributed by atoms with Gasteiger partial charge in [0.05, 0.1) is 19.3 Å². The average molecular weight is 529 g/mol. The van der Waals surface area contributed by atoms with E-state index in [1.54, 1.807) is 12.1 Å². The van der Waals surface area contributed by atoms with E-state index in [2.05, 4.69) is 6.92 Å². The number of hydrogen-bond acceptors (Lipinski definition) is 2. The Bertz CT molecular complexity index is 874. The van der Waals surface area contributed by atoms with E-state index in [0.717, 1.165) is 36.2 Å². The average Bonchev–Trinajstić information content (AvgIpc) is 2.88. The molecule has 0 N–H and O–H groups in total. The van der Waals surface area contributed by atoms with Gasteiger partial charge >= 0.3 is 6.18 Å². The third-order valence-electron chi connectivity index (χ3n) is 8.91. The largest absolute Gasteiger partial charge is 0.412 e. The van der Waals surface area contributed by atoms with Gasteiger partial charge in [0.25, 0.3) is 0 Å². The Balaban J connectivity index is 1.24. The monoisotopic (exact) mass is 528 g/mol. The Morgan fingerprint density at radius 1 is 0.892 bits per heavy atom. The summed E-state index contributed by atoms with van der Waals surface area (Å²) in [4.78, 5) is 0. The van der Waals surface area contributed by atoms with Gasteiger partial charge in [-0.3, -0.25) is 0 Å². The van der Waals surface area contributed by atoms with E-state index in [9.17, 15) is 17.6 Å². The van der Waals surface area contributed by atoms with E-state index in [-0.39, 0.29) is 19.0 Å². The van der Waals surface area contributed by atoms with Crippen molar-refractivity contribution in [3.8, 4) is 0 Å². The van der Waals surface area contributed by atoms with E-state index in [0.29, 0.717) is 11.5 Å². The van der Waals surface area contributed by atoms with Gasteiger partial charge in [0.1, 0.15) is 5.82 Å². The van der Waals surface area contributed by atoms with E-state index in [1.807, 2.05) is 6.07 Å². The summed E-state index contributed by atoms with van der Waals surface area (Å²) in [6.45, 7) is 2.05. The molecule has 2 aliphatic carbocycles. The number of unbranched alkanes of at least 4 members (excludes halogenated alkanes) is 2. The van der Waals surface area contributed by atoms with Gasteiger partial charge in [-0.15, -0.1) is 0 Å². The smallest absolute Gasteiger partial charge is 0.346 e. The summed E-state index contributed by atoms with van der Waals surface area (Å²) in [6.07, 6.45) is 8.59. The summed E-state index contributed by atoms with van der Waals surface area (Å²) < 4.78 is 76.0. The lowest BCUT2D eigenvalue weighted by atomic mass is 9.68. The number of allylic oxidation sites excluding steroid dienone is 1. The molecule has 1 saturated heterocycles. The van der Waals surface area contributed by atoms with Crippen LogP contribution in [-0.2, 0) is 9.47 Å². The molecular weight excluding hydrogens is 487 g/mol. The van der Waals surface area contributed by atoms with Crippen molar-refractivity contribution in [1.82, 2.24) is 0 Å². The topological polar surface area (TPSA) is 18.5 Å². The van der Waals surface area contributed by atoms with Crippen LogP contribution in [0.15, 0.2) is 30.1 Å². The fourth-order valence-electron chi connectivity index (χ4n) is 6.75. The van der Waals surface area contributed by atoms with Crippen molar-refractivity contribution in [2.24, 2.45) is 17.8 Å². The molecule has 0 amide bonds. The van der Waals surface area contributed by atoms with E-state index >= 15 is 4.39 Å². The van der Waals surface area contributed by atoms with Crippen molar-refractivity contribution in [3.05, 3.63) is 47.0 Å². The molecule has 0 atom stereocenters. The van der Waals surface area contributed by atoms with Crippen molar-refractivity contribution in [3.63, 3.8) is 0 Å². The van der Waals surface area contributed by atoms with E-state index < -0.39 is 30.3 Å². The van der Waals surface area contributed by atoms with Crippen LogP contribution in [0, 0.1) is 23.6 Å². The summed E-state index contributed by atoms with van der Waals surface area (Å²) in [5.41, 5.74) is 1.40. The molecule has 0 aromatic heterocycles. The lowest BCUT2D eigenvalue weighted by Crippen LogP contribution is -2.32. The molecule has 2 nitrogen and oxygen atoms in total. The van der Waals surface area contributed by atoms with Crippen LogP contribution >= 0.6 is 0 Å². The Morgan fingerprint density at radius 2 is 1.51 bits per heavy atom. The zero-order chi connectivity index (χ0) is 26.4. The molecule has 0 bridgehead atoms. The normalized spacial score (nSPS) is 31.9. The Morgan fingerprint density at radius 3 is 2.08 bits per heavy atom. The summed E-state index contributed by atoms with van der Waals surface area (Å²) in [5, 5.41) is 0. The second-order valence-corrected chi connectivity index (χ2v) is 11.4. The van der Waals surface area contributed by atoms with Crippen LogP contribution in [0.1, 0.15) is 107 Å². The minimum atomic E-state index is -4.79. The molecule has 0 radical (unpaired) electrons. The first-order chi connectivity index (χ1) is 17.7. The third-order valence-corrected chi connectivity index (χ3v) is 8.91. The van der Waals surface area contributed by atoms with Crippen LogP contribution in [0.2, 0.25) is 0 Å². The highest BCUT2D eigenvalue weighted by molar-refractivity contribution is 5.30. The van der Waals surface area contributed by atoms with Crippen molar-refractivity contribution in [2.45, 2.75) is 108 Å². The van der Waals surface area contributed by atoms with Gasteiger partial charge in [0, 0.05) is 5.92 Å². The Kier molecular flexibility index (Phi) is 10.1. The van der Waals surface area contributed by atoms with Gasteiger partial charge in [0.2, 0.25) is 6.29 Å². The molecule has 208 valence electrons. The standard InChI is InChI=1S/C30H41F5O2/c1-2-3-4-5-20-6-8-21(9-7-20)22-10-12-23(13-11-22)24-14-15-26(27(31)16-24)25-18-36-29(37-19-25)28(32)17-30(33,34)35/h14-17,20-23,25,29H,2-13,18-19H2,1H3. The third kappa shape index (κ3) is 8.01. The SMILES string of the molecule is CCCCCC1CCC(C2CCC(c3ccc(C4COC(C(F)=CC(F)(F)F)OC4)c(F)c3)CC2)CC1. The van der Waals surface area contributed by atoms with Gasteiger partial charge in [-0.1, -0.05) is 57.6 Å². The molecule has 1 aromatic rings. The Labute approximate surface area is 218 Å². The minimum Gasteiger partial charge on any atom is -0.346 e. The lowest BCUT2D eigenvalue weighted by molar-refractivity contribution is -0.177. The van der Waals surface area contributed by atoms with Crippen molar-refractivity contribution >= 4 is 0 Å². The van der Waals surface area contributed by atoms with Gasteiger partial charge < -0.3 is 9.47 Å². The maximum absolute atomic E-state index is 15.0. The molecule has 7 heteroatoms. The summed E-state index contributed by atoms with van der Waals surface area (Å²) in [6, 6.07) is 5.29. The maximum atomic E-state index is 15.0. The van der Waals surface area contributed by atoms with Gasteiger partial charge in [-0.2, -0.15) is 13.2 Å². The number of rotatable bonds is 8. The summed E-state index contributed by atoms with van der Waals surface area (Å²) in [7, 11) is 0. The second kappa shape index (κ2) is 13.1. The zero-order valence-electron chi connectivity index (χ0n) is 21.9. The fourth-order valence-corrected chi connectivity index (χ4v) is 6.75. The second-order valence-electron chi connectivity index (χ2n) is 11.4. The summed E-state index contributed by atoms with van der Waals surface area (Å²) >= 11 is 0. The van der Waals surface area contributed by atoms with Crippen LogP contribution in [0.5, 0.6) is 0 Å². The number of benzene rings is 1. The highest BCUT2D eigenvalue weighted by Gasteiger charge is 2.34. The quantitative estimate of drug-likeness (QED) is 0.247. The molecule has 0 spiro atoms. The van der Waals surface area contributed by atoms with Crippen molar-refractivity contribution < 1.29 is 31.4 Å². The molecule has 37 heavy (non-hydrogen) atoms. The van der Waals surface area contributed by atoms with Crippen LogP contribution in [0.3, 0.4) is 0 Å². The predicted molar refractivity (Wildman–Crippen MR) is 134 cm³/mol. The van der Waals surface area contributed by atoms with Crippen LogP contribution < -0.4 is 0 Å². The van der Waals surface area contributed by atoms with Crippen molar-refractivity contribution in [1.29, 1.82) is 0 Å². The molecule has 1 aliphatic heterocycles. The number of ether oxygens (including phenoxy) is 2. The molecular formula is C30H41F5O2. The highest BCUT2D eigenvalue weighted by Crippen LogP contribution is 2.45. The molecule has 1 aromatic carbocycles. The molecule has 0 unspecified atom stereocenters. The van der Waals surface area contributed by atoms with Crippen LogP contribution in [0.4, 0.5) is 22.0 Å². The first-order valence-corrected chi connectivity index (χ1v) is 14.2. The van der Waals surface area contributed by atoms with Gasteiger partial charge in [-0.05, 0) is 79.4 Å². The molecule has 3 fully saturated rings. The maximum Gasteiger partial charge on any atom is 0.412 e. The van der Waals surface area contributed by atoms with E-state index in [1.165, 1.54) is 64.2 Å². The number of hydrogen-bond donors (Lipinski definition) is 0. The minimum absolute atomic E-state index is 0.105. The first kappa shape index (κ1) is 28.5. The predicted octanol–water partition coefficient (Wildman–Crippen LogP) is 9.36. The first-order valence-electron chi connectivity index (χ1n) is 14.2. The Hall–Kier alpha value is -1.47. The number of alkyl halides is 3. The van der Waals surface area contributed by atoms with E-state index in [4.69, 9.17) is 9.47 Å². The summed E-state index contributed by atoms with van der Waals surface area (Å²) in [5.74, 6) is 0.565. The van der Waals surface area contributed by atoms with Gasteiger partial charge in [0.15, 0.2) is 5.83 Å². The highest BCUT2D eigenvalue weighted by atomic mass is 19.4. The van der Waals surface area contributed by atoms with Crippen LogP contribution in [-0.4, -0.2) is 25.7 Å². The van der Waals surface area contributed by atoms with Crippen LogP contribution in [0.25, 0.3) is 0 Å². The van der Waals surface area contributed by atoms with Gasteiger partial charge in [-0.25, -0.2) is 8.78 Å². The molecule has 4 rings (SSSR count). The molecule has 3 aliphatic rings. The fraction of sp³-hybridized carbons (Fsp3) is 0.733. The zero-order valence-corrected chi connectivity index (χ0v) is 21.9. The van der Waals surface area contributed by atoms with Crippen molar-refractivity contribution in [2.75, 3.05) is 13.2 Å². The number of halogens is 5. The molecule has 1 heterocycles.